The Labute approximate surface area is 222 Å². The fourth-order valence-corrected chi connectivity index (χ4v) is 4.58. The molecule has 38 heavy (non-hydrogen) atoms. The van der Waals surface area contributed by atoms with Gasteiger partial charge in [-0.3, -0.25) is 9.59 Å². The summed E-state index contributed by atoms with van der Waals surface area (Å²) in [5.74, 6) is 0.315. The van der Waals surface area contributed by atoms with Crippen LogP contribution in [0.25, 0.3) is 11.3 Å². The van der Waals surface area contributed by atoms with Crippen molar-refractivity contribution < 1.29 is 9.59 Å². The Bertz CT molecular complexity index is 1400. The molecule has 0 radical (unpaired) electrons. The van der Waals surface area contributed by atoms with Crippen molar-refractivity contribution in [3.05, 3.63) is 102 Å². The van der Waals surface area contributed by atoms with E-state index in [2.05, 4.69) is 32.3 Å². The average molecular weight is 507 g/mol. The van der Waals surface area contributed by atoms with E-state index in [0.29, 0.717) is 25.5 Å². The van der Waals surface area contributed by atoms with Gasteiger partial charge in [-0.25, -0.2) is 9.97 Å². The summed E-state index contributed by atoms with van der Waals surface area (Å²) < 4.78 is 0. The lowest BCUT2D eigenvalue weighted by Gasteiger charge is -2.36. The van der Waals surface area contributed by atoms with E-state index in [4.69, 9.17) is 5.73 Å². The minimum atomic E-state index is -0.355. The molecule has 0 unspecified atom stereocenters. The van der Waals surface area contributed by atoms with Crippen LogP contribution in [-0.2, 0) is 22.4 Å². The Morgan fingerprint density at radius 2 is 1.55 bits per heavy atom. The first-order chi connectivity index (χ1) is 18.5. The second-order valence-electron chi connectivity index (χ2n) is 9.31. The van der Waals surface area contributed by atoms with Gasteiger partial charge in [0.2, 0.25) is 17.8 Å². The quantitative estimate of drug-likeness (QED) is 0.377. The number of carbonyl (C=O) groups is 2. The van der Waals surface area contributed by atoms with Crippen LogP contribution < -0.4 is 16.0 Å². The van der Waals surface area contributed by atoms with Crippen LogP contribution in [0.4, 0.5) is 17.3 Å². The van der Waals surface area contributed by atoms with E-state index in [1.807, 2.05) is 77.7 Å². The molecule has 5 rings (SSSR count). The van der Waals surface area contributed by atoms with Crippen LogP contribution >= 0.6 is 0 Å². The summed E-state index contributed by atoms with van der Waals surface area (Å²) in [5.41, 5.74) is 10.9. The number of piperazine rings is 1. The number of amides is 2. The third kappa shape index (κ3) is 6.34. The van der Waals surface area contributed by atoms with Gasteiger partial charge in [-0.05, 0) is 35.4 Å². The average Bonchev–Trinajstić information content (AvgIpc) is 2.94. The largest absolute Gasteiger partial charge is 0.369 e. The van der Waals surface area contributed by atoms with Crippen molar-refractivity contribution >= 4 is 29.1 Å². The van der Waals surface area contributed by atoms with Crippen molar-refractivity contribution in [2.45, 2.75) is 12.8 Å². The molecule has 1 aliphatic heterocycles. The lowest BCUT2D eigenvalue weighted by Crippen LogP contribution is -2.49. The number of hydrogen-bond donors (Lipinski definition) is 2. The zero-order valence-electron chi connectivity index (χ0n) is 21.1. The highest BCUT2D eigenvalue weighted by Crippen LogP contribution is 2.24. The SMILES string of the molecule is NC(=O)Cc1ccc(-c2ccnc(Nc3cccc(N4CCN(C(=O)Cc5ccccc5)CC4)c3)n2)cc1. The van der Waals surface area contributed by atoms with Crippen LogP contribution in [0.3, 0.4) is 0 Å². The van der Waals surface area contributed by atoms with Gasteiger partial charge in [0, 0.05) is 49.3 Å². The molecule has 1 fully saturated rings. The molecule has 0 saturated carbocycles. The van der Waals surface area contributed by atoms with Crippen LogP contribution in [0.15, 0.2) is 91.1 Å². The van der Waals surface area contributed by atoms with E-state index >= 15 is 0 Å². The van der Waals surface area contributed by atoms with E-state index in [0.717, 1.165) is 46.8 Å². The molecule has 4 aromatic rings. The summed E-state index contributed by atoms with van der Waals surface area (Å²) in [7, 11) is 0. The van der Waals surface area contributed by atoms with Gasteiger partial charge < -0.3 is 20.9 Å². The van der Waals surface area contributed by atoms with Crippen molar-refractivity contribution in [3.8, 4) is 11.3 Å². The molecule has 3 aromatic carbocycles. The maximum absolute atomic E-state index is 12.7. The summed E-state index contributed by atoms with van der Waals surface area (Å²) in [6, 6.07) is 27.5. The number of primary amides is 1. The smallest absolute Gasteiger partial charge is 0.227 e. The van der Waals surface area contributed by atoms with Crippen molar-refractivity contribution in [2.75, 3.05) is 36.4 Å². The number of nitrogens with two attached hydrogens (primary N) is 1. The van der Waals surface area contributed by atoms with Crippen LogP contribution in [0.1, 0.15) is 11.1 Å². The highest BCUT2D eigenvalue weighted by Gasteiger charge is 2.21. The molecule has 8 heteroatoms. The van der Waals surface area contributed by atoms with Gasteiger partial charge in [-0.2, -0.15) is 0 Å². The molecule has 8 nitrogen and oxygen atoms in total. The van der Waals surface area contributed by atoms with Gasteiger partial charge in [-0.15, -0.1) is 0 Å². The molecule has 1 aliphatic rings. The lowest BCUT2D eigenvalue weighted by molar-refractivity contribution is -0.130. The molecule has 1 aromatic heterocycles. The molecule has 3 N–H and O–H groups in total. The maximum Gasteiger partial charge on any atom is 0.227 e. The van der Waals surface area contributed by atoms with Gasteiger partial charge in [0.25, 0.3) is 0 Å². The Morgan fingerprint density at radius 3 is 2.29 bits per heavy atom. The van der Waals surface area contributed by atoms with Crippen LogP contribution in [0.2, 0.25) is 0 Å². The van der Waals surface area contributed by atoms with Gasteiger partial charge in [0.15, 0.2) is 0 Å². The molecular formula is C30H30N6O2. The number of aromatic nitrogens is 2. The second kappa shape index (κ2) is 11.6. The van der Waals surface area contributed by atoms with Crippen LogP contribution in [0, 0.1) is 0 Å². The summed E-state index contributed by atoms with van der Waals surface area (Å²) in [4.78, 5) is 37.2. The molecule has 0 atom stereocenters. The predicted molar refractivity (Wildman–Crippen MR) is 149 cm³/mol. The Kier molecular flexibility index (Phi) is 7.59. The summed E-state index contributed by atoms with van der Waals surface area (Å²) in [6.45, 7) is 2.96. The van der Waals surface area contributed by atoms with Crippen LogP contribution in [-0.4, -0.2) is 52.9 Å². The van der Waals surface area contributed by atoms with Crippen molar-refractivity contribution in [2.24, 2.45) is 5.73 Å². The number of rotatable bonds is 8. The maximum atomic E-state index is 12.7. The summed E-state index contributed by atoms with van der Waals surface area (Å²) in [6.07, 6.45) is 2.38. The number of nitrogens with zero attached hydrogens (tertiary/aromatic N) is 4. The molecule has 2 amide bonds. The molecular weight excluding hydrogens is 476 g/mol. The second-order valence-corrected chi connectivity index (χ2v) is 9.31. The Morgan fingerprint density at radius 1 is 0.816 bits per heavy atom. The molecule has 0 aliphatic carbocycles. The molecule has 0 spiro atoms. The highest BCUT2D eigenvalue weighted by molar-refractivity contribution is 5.79. The van der Waals surface area contributed by atoms with Crippen molar-refractivity contribution in [1.82, 2.24) is 14.9 Å². The normalized spacial score (nSPS) is 13.3. The Balaban J connectivity index is 1.20. The summed E-state index contributed by atoms with van der Waals surface area (Å²) >= 11 is 0. The third-order valence-electron chi connectivity index (χ3n) is 6.58. The molecule has 192 valence electrons. The fraction of sp³-hybridized carbons (Fsp3) is 0.200. The van der Waals surface area contributed by atoms with E-state index in [1.54, 1.807) is 6.20 Å². The summed E-state index contributed by atoms with van der Waals surface area (Å²) in [5, 5.41) is 3.31. The number of nitrogens with one attached hydrogen (secondary N) is 1. The minimum Gasteiger partial charge on any atom is -0.369 e. The standard InChI is InChI=1S/C30H30N6O2/c31-28(37)19-23-9-11-24(12-10-23)27-13-14-32-30(34-27)33-25-7-4-8-26(21-25)35-15-17-36(18-16-35)29(38)20-22-5-2-1-3-6-22/h1-14,21H,15-20H2,(H2,31,37)(H,32,33,34). The molecule has 2 heterocycles. The predicted octanol–water partition coefficient (Wildman–Crippen LogP) is 3.81. The van der Waals surface area contributed by atoms with E-state index in [-0.39, 0.29) is 18.2 Å². The minimum absolute atomic E-state index is 0.172. The molecule has 0 bridgehead atoms. The van der Waals surface area contributed by atoms with Crippen LogP contribution in [0.5, 0.6) is 0 Å². The fourth-order valence-electron chi connectivity index (χ4n) is 4.58. The van der Waals surface area contributed by atoms with E-state index in [9.17, 15) is 9.59 Å². The first-order valence-corrected chi connectivity index (χ1v) is 12.7. The number of benzene rings is 3. The van der Waals surface area contributed by atoms with E-state index in [1.165, 1.54) is 0 Å². The Hall–Kier alpha value is -4.72. The zero-order valence-corrected chi connectivity index (χ0v) is 21.1. The van der Waals surface area contributed by atoms with E-state index < -0.39 is 0 Å². The zero-order chi connectivity index (χ0) is 26.3. The van der Waals surface area contributed by atoms with Gasteiger partial charge in [-0.1, -0.05) is 60.7 Å². The van der Waals surface area contributed by atoms with Gasteiger partial charge in [0.05, 0.1) is 18.5 Å². The highest BCUT2D eigenvalue weighted by atomic mass is 16.2. The monoisotopic (exact) mass is 506 g/mol. The first kappa shape index (κ1) is 25.0. The number of hydrogen-bond acceptors (Lipinski definition) is 6. The van der Waals surface area contributed by atoms with Crippen molar-refractivity contribution in [3.63, 3.8) is 0 Å². The molecule has 1 saturated heterocycles. The number of carbonyl (C=O) groups excluding carboxylic acids is 2. The van der Waals surface area contributed by atoms with Gasteiger partial charge in [0.1, 0.15) is 0 Å². The lowest BCUT2D eigenvalue weighted by atomic mass is 10.1. The van der Waals surface area contributed by atoms with Gasteiger partial charge >= 0.3 is 0 Å². The number of anilines is 3. The first-order valence-electron chi connectivity index (χ1n) is 12.7. The topological polar surface area (TPSA) is 104 Å². The van der Waals surface area contributed by atoms with Crippen molar-refractivity contribution in [1.29, 1.82) is 0 Å². The third-order valence-corrected chi connectivity index (χ3v) is 6.58.